The molecule has 1 aliphatic heterocycles. The fourth-order valence-corrected chi connectivity index (χ4v) is 2.29. The summed E-state index contributed by atoms with van der Waals surface area (Å²) in [6, 6.07) is 1.89. The largest absolute Gasteiger partial charge is 0.378 e. The normalized spacial score (nSPS) is 28.9. The van der Waals surface area contributed by atoms with Crippen LogP contribution in [0, 0.1) is 17.2 Å². The van der Waals surface area contributed by atoms with E-state index in [4.69, 9.17) is 14.7 Å². The summed E-state index contributed by atoms with van der Waals surface area (Å²) in [5.41, 5.74) is 0. The Labute approximate surface area is 83.4 Å². The molecule has 1 saturated carbocycles. The molecule has 1 N–H and O–H groups in total. The second kappa shape index (κ2) is 3.85. The molecule has 0 aromatic carbocycles. The number of nitriles is 1. The molecule has 4 nitrogen and oxygen atoms in total. The van der Waals surface area contributed by atoms with Gasteiger partial charge in [0.25, 0.3) is 0 Å². The van der Waals surface area contributed by atoms with Crippen molar-refractivity contribution in [2.24, 2.45) is 5.92 Å². The van der Waals surface area contributed by atoms with Crippen molar-refractivity contribution in [2.75, 3.05) is 13.2 Å². The Balaban J connectivity index is 1.89. The summed E-state index contributed by atoms with van der Waals surface area (Å²) in [5, 5.41) is 18.0. The molecule has 0 radical (unpaired) electrons. The zero-order chi connectivity index (χ0) is 10.0. The van der Waals surface area contributed by atoms with Crippen molar-refractivity contribution < 1.29 is 14.6 Å². The highest BCUT2D eigenvalue weighted by atomic mass is 16.7. The van der Waals surface area contributed by atoms with Gasteiger partial charge in [-0.25, -0.2) is 0 Å². The van der Waals surface area contributed by atoms with E-state index in [1.807, 2.05) is 6.07 Å². The van der Waals surface area contributed by atoms with E-state index in [0.717, 1.165) is 25.7 Å². The predicted octanol–water partition coefficient (Wildman–Crippen LogP) is 0.804. The number of aliphatic hydroxyl groups is 1. The first-order valence-corrected chi connectivity index (χ1v) is 5.11. The molecular weight excluding hydrogens is 182 g/mol. The van der Waals surface area contributed by atoms with Crippen molar-refractivity contribution in [1.82, 2.24) is 0 Å². The first-order valence-electron chi connectivity index (χ1n) is 5.11. The molecule has 1 aliphatic carbocycles. The Morgan fingerprint density at radius 3 is 2.36 bits per heavy atom. The van der Waals surface area contributed by atoms with Gasteiger partial charge in [-0.1, -0.05) is 0 Å². The summed E-state index contributed by atoms with van der Waals surface area (Å²) in [7, 11) is 0. The monoisotopic (exact) mass is 197 g/mol. The molecule has 2 aliphatic rings. The van der Waals surface area contributed by atoms with E-state index < -0.39 is 6.10 Å². The van der Waals surface area contributed by atoms with Gasteiger partial charge < -0.3 is 14.6 Å². The van der Waals surface area contributed by atoms with Crippen molar-refractivity contribution in [2.45, 2.75) is 37.6 Å². The number of ether oxygens (including phenoxy) is 2. The molecule has 2 fully saturated rings. The minimum absolute atomic E-state index is 0.0958. The number of nitrogens with zero attached hydrogens (tertiary/aromatic N) is 1. The molecule has 0 aromatic rings. The van der Waals surface area contributed by atoms with Crippen LogP contribution < -0.4 is 0 Å². The number of hydrogen-bond donors (Lipinski definition) is 1. The van der Waals surface area contributed by atoms with Crippen LogP contribution in [0.15, 0.2) is 0 Å². The topological polar surface area (TPSA) is 62.5 Å². The van der Waals surface area contributed by atoms with E-state index in [1.54, 1.807) is 0 Å². The first kappa shape index (κ1) is 9.91. The van der Waals surface area contributed by atoms with Gasteiger partial charge in [0, 0.05) is 12.8 Å². The molecule has 2 rings (SSSR count). The van der Waals surface area contributed by atoms with Gasteiger partial charge >= 0.3 is 0 Å². The van der Waals surface area contributed by atoms with Gasteiger partial charge in [0.1, 0.15) is 6.10 Å². The van der Waals surface area contributed by atoms with Crippen molar-refractivity contribution in [1.29, 1.82) is 5.26 Å². The van der Waals surface area contributed by atoms with E-state index in [9.17, 15) is 5.11 Å². The fraction of sp³-hybridized carbons (Fsp3) is 0.900. The fourth-order valence-electron chi connectivity index (χ4n) is 2.29. The molecular formula is C10H15NO3. The summed E-state index contributed by atoms with van der Waals surface area (Å²) < 4.78 is 11.1. The Morgan fingerprint density at radius 2 is 1.86 bits per heavy atom. The van der Waals surface area contributed by atoms with Crippen molar-refractivity contribution in [3.8, 4) is 6.07 Å². The van der Waals surface area contributed by atoms with E-state index in [2.05, 4.69) is 0 Å². The molecule has 0 aromatic heterocycles. The minimum atomic E-state index is -0.825. The number of rotatable bonds is 1. The van der Waals surface area contributed by atoms with Crippen LogP contribution in [0.4, 0.5) is 0 Å². The third-order valence-corrected chi connectivity index (χ3v) is 3.18. The molecule has 78 valence electrons. The van der Waals surface area contributed by atoms with Crippen LogP contribution in [0.25, 0.3) is 0 Å². The molecule has 0 bridgehead atoms. The van der Waals surface area contributed by atoms with Crippen LogP contribution >= 0.6 is 0 Å². The minimum Gasteiger partial charge on any atom is -0.378 e. The van der Waals surface area contributed by atoms with Crippen LogP contribution in [0.1, 0.15) is 25.7 Å². The smallest absolute Gasteiger partial charge is 0.168 e. The lowest BCUT2D eigenvalue weighted by molar-refractivity contribution is -0.185. The molecule has 1 heterocycles. The van der Waals surface area contributed by atoms with Gasteiger partial charge in [0.2, 0.25) is 0 Å². The molecule has 14 heavy (non-hydrogen) atoms. The summed E-state index contributed by atoms with van der Waals surface area (Å²) >= 11 is 0. The zero-order valence-electron chi connectivity index (χ0n) is 8.11. The van der Waals surface area contributed by atoms with Crippen LogP contribution in [0.5, 0.6) is 0 Å². The van der Waals surface area contributed by atoms with E-state index >= 15 is 0 Å². The highest BCUT2D eigenvalue weighted by Gasteiger charge is 2.41. The van der Waals surface area contributed by atoms with Crippen molar-refractivity contribution in [3.05, 3.63) is 0 Å². The third-order valence-electron chi connectivity index (χ3n) is 3.18. The molecule has 0 unspecified atom stereocenters. The van der Waals surface area contributed by atoms with Crippen molar-refractivity contribution in [3.63, 3.8) is 0 Å². The predicted molar refractivity (Wildman–Crippen MR) is 48.2 cm³/mol. The summed E-state index contributed by atoms with van der Waals surface area (Å²) in [6.07, 6.45) is 2.41. The Kier molecular flexibility index (Phi) is 2.73. The number of hydrogen-bond acceptors (Lipinski definition) is 4. The lowest BCUT2D eigenvalue weighted by Crippen LogP contribution is -2.37. The maximum absolute atomic E-state index is 9.37. The van der Waals surface area contributed by atoms with Crippen LogP contribution in [0.3, 0.4) is 0 Å². The van der Waals surface area contributed by atoms with Gasteiger partial charge in [-0.05, 0) is 18.8 Å². The maximum Gasteiger partial charge on any atom is 0.168 e. The lowest BCUT2D eigenvalue weighted by Gasteiger charge is -2.35. The van der Waals surface area contributed by atoms with Gasteiger partial charge in [0.15, 0.2) is 5.79 Å². The van der Waals surface area contributed by atoms with Crippen LogP contribution in [0.2, 0.25) is 0 Å². The van der Waals surface area contributed by atoms with Gasteiger partial charge in [-0.15, -0.1) is 0 Å². The molecule has 0 amide bonds. The zero-order valence-corrected chi connectivity index (χ0v) is 8.11. The molecule has 1 saturated heterocycles. The quantitative estimate of drug-likeness (QED) is 0.632. The van der Waals surface area contributed by atoms with Crippen molar-refractivity contribution >= 4 is 0 Å². The van der Waals surface area contributed by atoms with Gasteiger partial charge in [-0.2, -0.15) is 5.26 Å². The van der Waals surface area contributed by atoms with Crippen LogP contribution in [-0.4, -0.2) is 30.2 Å². The molecule has 4 heteroatoms. The lowest BCUT2D eigenvalue weighted by atomic mass is 9.82. The van der Waals surface area contributed by atoms with Crippen LogP contribution in [-0.2, 0) is 9.47 Å². The first-order chi connectivity index (χ1) is 6.76. The average Bonchev–Trinajstić information content (AvgIpc) is 2.67. The molecule has 1 atom stereocenters. The molecule has 1 spiro atoms. The highest BCUT2D eigenvalue weighted by Crippen LogP contribution is 2.39. The summed E-state index contributed by atoms with van der Waals surface area (Å²) in [5.74, 6) is -0.287. The SMILES string of the molecule is N#C[C@H](O)C1CCC2(CC1)OCCO2. The standard InChI is InChI=1S/C10H15NO3/c11-7-9(12)8-1-3-10(4-2-8)13-5-6-14-10/h8-9,12H,1-6H2/t9-/m0/s1. The number of aliphatic hydroxyl groups excluding tert-OH is 1. The average molecular weight is 197 g/mol. The summed E-state index contributed by atoms with van der Waals surface area (Å²) in [4.78, 5) is 0. The maximum atomic E-state index is 9.37. The second-order valence-corrected chi connectivity index (χ2v) is 4.02. The second-order valence-electron chi connectivity index (χ2n) is 4.02. The highest BCUT2D eigenvalue weighted by molar-refractivity contribution is 4.93. The van der Waals surface area contributed by atoms with E-state index in [0.29, 0.717) is 13.2 Å². The van der Waals surface area contributed by atoms with Gasteiger partial charge in [-0.3, -0.25) is 0 Å². The Bertz CT molecular complexity index is 232. The summed E-state index contributed by atoms with van der Waals surface area (Å²) in [6.45, 7) is 1.34. The Morgan fingerprint density at radius 1 is 1.29 bits per heavy atom. The Hall–Kier alpha value is -0.630. The third kappa shape index (κ3) is 1.76. The van der Waals surface area contributed by atoms with E-state index in [-0.39, 0.29) is 11.7 Å². The van der Waals surface area contributed by atoms with E-state index in [1.165, 1.54) is 0 Å². The van der Waals surface area contributed by atoms with Gasteiger partial charge in [0.05, 0.1) is 19.3 Å².